The van der Waals surface area contributed by atoms with Crippen molar-refractivity contribution >= 4 is 5.97 Å². The van der Waals surface area contributed by atoms with Gasteiger partial charge in [-0.2, -0.15) is 0 Å². The highest BCUT2D eigenvalue weighted by molar-refractivity contribution is 5.68. The zero-order valence-corrected chi connectivity index (χ0v) is 9.93. The van der Waals surface area contributed by atoms with Crippen LogP contribution in [0.25, 0.3) is 0 Å². The highest BCUT2D eigenvalue weighted by Gasteiger charge is 2.69. The van der Waals surface area contributed by atoms with Crippen LogP contribution < -0.4 is 5.73 Å². The van der Waals surface area contributed by atoms with E-state index < -0.39 is 5.97 Å². The van der Waals surface area contributed by atoms with E-state index in [-0.39, 0.29) is 11.8 Å². The molecule has 0 saturated heterocycles. The molecule has 3 aliphatic rings. The normalized spacial score (nSPS) is 50.5. The Balaban J connectivity index is 1.92. The second-order valence-electron chi connectivity index (χ2n) is 6.06. The van der Waals surface area contributed by atoms with Crippen LogP contribution in [0.2, 0.25) is 0 Å². The topological polar surface area (TPSA) is 63.3 Å². The summed E-state index contributed by atoms with van der Waals surface area (Å²) in [4.78, 5) is 11.1. The van der Waals surface area contributed by atoms with Crippen LogP contribution in [0.3, 0.4) is 0 Å². The Hall–Kier alpha value is -1.01. The van der Waals surface area contributed by atoms with Gasteiger partial charge in [-0.05, 0) is 54.9 Å². The van der Waals surface area contributed by atoms with Gasteiger partial charge in [-0.3, -0.25) is 4.79 Å². The molecule has 92 valence electrons. The quantitative estimate of drug-likeness (QED) is 0.723. The van der Waals surface area contributed by atoms with Crippen LogP contribution in [0.5, 0.6) is 0 Å². The summed E-state index contributed by atoms with van der Waals surface area (Å²) in [5.41, 5.74) is 5.79. The van der Waals surface area contributed by atoms with Crippen molar-refractivity contribution in [3.8, 4) is 12.3 Å². The highest BCUT2D eigenvalue weighted by atomic mass is 16.4. The molecule has 1 unspecified atom stereocenters. The summed E-state index contributed by atoms with van der Waals surface area (Å²) in [6, 6.07) is 0. The maximum absolute atomic E-state index is 11.1. The van der Waals surface area contributed by atoms with Crippen LogP contribution in [0.4, 0.5) is 0 Å². The summed E-state index contributed by atoms with van der Waals surface area (Å²) in [6.07, 6.45) is 9.30. The highest BCUT2D eigenvalue weighted by Crippen LogP contribution is 2.72. The van der Waals surface area contributed by atoms with Crippen LogP contribution in [0, 0.1) is 47.3 Å². The Bertz CT molecular complexity index is 392. The number of carboxylic acid groups (broad SMARTS) is 1. The Kier molecular flexibility index (Phi) is 2.28. The predicted octanol–water partition coefficient (Wildman–Crippen LogP) is 1.33. The SMILES string of the molecule is C#C[C@H]1[C@@H]2CCC3[C@H]1[C@H](C2)[C@]3(CN)CC(=O)O. The molecule has 0 aromatic heterocycles. The van der Waals surface area contributed by atoms with Gasteiger partial charge in [-0.1, -0.05) is 0 Å². The van der Waals surface area contributed by atoms with Gasteiger partial charge < -0.3 is 10.8 Å². The molecule has 2 bridgehead atoms. The van der Waals surface area contributed by atoms with Crippen molar-refractivity contribution in [2.24, 2.45) is 40.7 Å². The van der Waals surface area contributed by atoms with E-state index in [1.807, 2.05) is 0 Å². The molecule has 3 heteroatoms. The van der Waals surface area contributed by atoms with Crippen molar-refractivity contribution in [3.05, 3.63) is 0 Å². The smallest absolute Gasteiger partial charge is 0.303 e. The molecule has 3 N–H and O–H groups in total. The third-order valence-electron chi connectivity index (χ3n) is 5.79. The van der Waals surface area contributed by atoms with Gasteiger partial charge in [-0.15, -0.1) is 12.3 Å². The monoisotopic (exact) mass is 233 g/mol. The van der Waals surface area contributed by atoms with Gasteiger partial charge in [0.15, 0.2) is 0 Å². The standard InChI is InChI=1S/C14H19NO2/c1-2-9-8-3-4-10-13(9)11(5-8)14(10,7-15)6-12(16)17/h1,8-11,13H,3-7,15H2,(H,16,17)/t8-,9+,10?,11+,13+,14+/m1/s1. The third kappa shape index (κ3) is 1.20. The van der Waals surface area contributed by atoms with Crippen molar-refractivity contribution in [2.45, 2.75) is 25.7 Å². The summed E-state index contributed by atoms with van der Waals surface area (Å²) in [7, 11) is 0. The molecule has 3 nitrogen and oxygen atoms in total. The van der Waals surface area contributed by atoms with Crippen molar-refractivity contribution in [1.82, 2.24) is 0 Å². The number of aliphatic carboxylic acids is 1. The van der Waals surface area contributed by atoms with Gasteiger partial charge in [0.1, 0.15) is 0 Å². The van der Waals surface area contributed by atoms with Crippen LogP contribution in [0.15, 0.2) is 0 Å². The fourth-order valence-corrected chi connectivity index (χ4v) is 5.22. The largest absolute Gasteiger partial charge is 0.481 e. The van der Waals surface area contributed by atoms with Gasteiger partial charge in [0.25, 0.3) is 0 Å². The molecule has 0 aromatic carbocycles. The van der Waals surface area contributed by atoms with E-state index in [9.17, 15) is 4.79 Å². The first-order valence-electron chi connectivity index (χ1n) is 6.52. The Morgan fingerprint density at radius 3 is 2.82 bits per heavy atom. The van der Waals surface area contributed by atoms with Gasteiger partial charge in [0.2, 0.25) is 0 Å². The molecule has 0 amide bonds. The molecule has 3 rings (SSSR count). The average molecular weight is 233 g/mol. The molecule has 3 saturated carbocycles. The molecular weight excluding hydrogens is 214 g/mol. The first kappa shape index (κ1) is 11.1. The zero-order chi connectivity index (χ0) is 12.2. The fraction of sp³-hybridized carbons (Fsp3) is 0.786. The van der Waals surface area contributed by atoms with E-state index in [0.29, 0.717) is 36.1 Å². The van der Waals surface area contributed by atoms with E-state index in [4.69, 9.17) is 17.3 Å². The number of carboxylic acids is 1. The lowest BCUT2D eigenvalue weighted by molar-refractivity contribution is -0.159. The molecule has 0 heterocycles. The summed E-state index contributed by atoms with van der Waals surface area (Å²) in [5, 5.41) is 9.12. The fourth-order valence-electron chi connectivity index (χ4n) is 5.22. The molecule has 0 radical (unpaired) electrons. The lowest BCUT2D eigenvalue weighted by Crippen LogP contribution is -2.60. The average Bonchev–Trinajstić information content (AvgIpc) is 2.45. The summed E-state index contributed by atoms with van der Waals surface area (Å²) < 4.78 is 0. The van der Waals surface area contributed by atoms with E-state index in [0.717, 1.165) is 12.8 Å². The van der Waals surface area contributed by atoms with E-state index >= 15 is 0 Å². The van der Waals surface area contributed by atoms with E-state index in [1.54, 1.807) is 0 Å². The predicted molar refractivity (Wildman–Crippen MR) is 63.9 cm³/mol. The Labute approximate surface area is 102 Å². The summed E-state index contributed by atoms with van der Waals surface area (Å²) >= 11 is 0. The second kappa shape index (κ2) is 3.49. The molecule has 6 atom stereocenters. The van der Waals surface area contributed by atoms with Crippen LogP contribution >= 0.6 is 0 Å². The number of hydrogen-bond donors (Lipinski definition) is 2. The van der Waals surface area contributed by atoms with Crippen molar-refractivity contribution in [3.63, 3.8) is 0 Å². The summed E-state index contributed by atoms with van der Waals surface area (Å²) in [5.74, 6) is 4.79. The van der Waals surface area contributed by atoms with Crippen molar-refractivity contribution in [2.75, 3.05) is 6.54 Å². The van der Waals surface area contributed by atoms with Crippen LogP contribution in [-0.2, 0) is 4.79 Å². The number of rotatable bonds is 3. The zero-order valence-electron chi connectivity index (χ0n) is 9.93. The lowest BCUT2D eigenvalue weighted by atomic mass is 9.44. The molecule has 3 aliphatic carbocycles. The molecule has 17 heavy (non-hydrogen) atoms. The van der Waals surface area contributed by atoms with Gasteiger partial charge in [0, 0.05) is 5.92 Å². The first-order valence-corrected chi connectivity index (χ1v) is 6.52. The molecule has 0 spiro atoms. The number of fused-ring (bicyclic) bond motifs is 1. The molecule has 0 aromatic rings. The second-order valence-corrected chi connectivity index (χ2v) is 6.06. The van der Waals surface area contributed by atoms with E-state index in [2.05, 4.69) is 5.92 Å². The van der Waals surface area contributed by atoms with Crippen molar-refractivity contribution < 1.29 is 9.90 Å². The van der Waals surface area contributed by atoms with Gasteiger partial charge in [0.05, 0.1) is 6.42 Å². The minimum atomic E-state index is -0.707. The molecule has 3 fully saturated rings. The van der Waals surface area contributed by atoms with Crippen LogP contribution in [-0.4, -0.2) is 17.6 Å². The minimum absolute atomic E-state index is 0.142. The van der Waals surface area contributed by atoms with Crippen LogP contribution in [0.1, 0.15) is 25.7 Å². The van der Waals surface area contributed by atoms with Crippen molar-refractivity contribution in [1.29, 1.82) is 0 Å². The summed E-state index contributed by atoms with van der Waals surface area (Å²) in [6.45, 7) is 0.509. The van der Waals surface area contributed by atoms with E-state index in [1.165, 1.54) is 6.42 Å². The number of nitrogens with two attached hydrogens (primary N) is 1. The molecule has 0 aliphatic heterocycles. The first-order chi connectivity index (χ1) is 8.14. The van der Waals surface area contributed by atoms with Gasteiger partial charge in [-0.25, -0.2) is 0 Å². The number of carbonyl (C=O) groups is 1. The molecular formula is C14H19NO2. The lowest BCUT2D eigenvalue weighted by Gasteiger charge is -2.60. The number of terminal acetylenes is 1. The third-order valence-corrected chi connectivity index (χ3v) is 5.79. The maximum Gasteiger partial charge on any atom is 0.303 e. The van der Waals surface area contributed by atoms with Gasteiger partial charge >= 0.3 is 5.97 Å². The maximum atomic E-state index is 11.1. The Morgan fingerprint density at radius 1 is 1.47 bits per heavy atom. The Morgan fingerprint density at radius 2 is 2.24 bits per heavy atom. The minimum Gasteiger partial charge on any atom is -0.481 e. The number of hydrogen-bond acceptors (Lipinski definition) is 2.